The van der Waals surface area contributed by atoms with Crippen molar-refractivity contribution in [1.82, 2.24) is 0 Å². The number of phenols is 1. The van der Waals surface area contributed by atoms with Crippen molar-refractivity contribution < 1.29 is 28.5 Å². The molecule has 0 radical (unpaired) electrons. The van der Waals surface area contributed by atoms with Gasteiger partial charge >= 0.3 is 11.6 Å². The number of aromatic hydroxyl groups is 1. The first-order valence-corrected chi connectivity index (χ1v) is 14.8. The van der Waals surface area contributed by atoms with Crippen molar-refractivity contribution in [3.05, 3.63) is 168 Å². The average molecular weight is 619 g/mol. The second-order valence-electron chi connectivity index (χ2n) is 10.5. The van der Waals surface area contributed by atoms with E-state index in [-0.39, 0.29) is 39.7 Å². The summed E-state index contributed by atoms with van der Waals surface area (Å²) in [6.07, 6.45) is 0. The molecule has 1 N–H and O–H groups in total. The van der Waals surface area contributed by atoms with Gasteiger partial charge in [0.1, 0.15) is 22.8 Å². The van der Waals surface area contributed by atoms with E-state index >= 15 is 0 Å². The monoisotopic (exact) mass is 618 g/mol. The minimum atomic E-state index is -0.778. The lowest BCUT2D eigenvalue weighted by molar-refractivity contribution is 0.0735. The number of fused-ring (bicyclic) bond motifs is 1. The second kappa shape index (κ2) is 12.8. The van der Waals surface area contributed by atoms with Gasteiger partial charge in [0.15, 0.2) is 11.5 Å². The van der Waals surface area contributed by atoms with Gasteiger partial charge in [-0.25, -0.2) is 9.59 Å². The fraction of sp³-hybridized carbons (Fsp3) is 0. The summed E-state index contributed by atoms with van der Waals surface area (Å²) in [5.41, 5.74) is 1.47. The Morgan fingerprint density at radius 2 is 1.06 bits per heavy atom. The van der Waals surface area contributed by atoms with Crippen molar-refractivity contribution in [2.45, 2.75) is 0 Å². The number of hydrogen-bond acceptors (Lipinski definition) is 7. The van der Waals surface area contributed by atoms with Crippen molar-refractivity contribution in [3.63, 3.8) is 0 Å². The van der Waals surface area contributed by atoms with Gasteiger partial charge in [-0.2, -0.15) is 0 Å². The van der Waals surface area contributed by atoms with Crippen molar-refractivity contribution in [2.24, 2.45) is 0 Å². The van der Waals surface area contributed by atoms with E-state index in [0.717, 1.165) is 0 Å². The molecule has 0 spiro atoms. The first-order chi connectivity index (χ1) is 23.0. The lowest BCUT2D eigenvalue weighted by Gasteiger charge is -2.24. The van der Waals surface area contributed by atoms with Gasteiger partial charge in [0, 0.05) is 28.6 Å². The number of carbonyl (C=O) groups excluding carboxylic acids is 1. The predicted molar refractivity (Wildman–Crippen MR) is 179 cm³/mol. The van der Waals surface area contributed by atoms with Gasteiger partial charge in [-0.15, -0.1) is 0 Å². The molecule has 47 heavy (non-hydrogen) atoms. The molecule has 0 aliphatic heterocycles. The summed E-state index contributed by atoms with van der Waals surface area (Å²) in [6, 6.07) is 44.0. The van der Waals surface area contributed by atoms with Gasteiger partial charge in [0.25, 0.3) is 0 Å². The number of benzene rings is 6. The number of hydrogen-bond donors (Lipinski definition) is 1. The Morgan fingerprint density at radius 3 is 1.66 bits per heavy atom. The number of esters is 1. The summed E-state index contributed by atoms with van der Waals surface area (Å²) in [5.74, 6) is 0.0816. The van der Waals surface area contributed by atoms with Crippen molar-refractivity contribution in [2.75, 3.05) is 0 Å². The highest BCUT2D eigenvalue weighted by atomic mass is 16.5. The van der Waals surface area contributed by atoms with Gasteiger partial charge in [-0.05, 0) is 53.6 Å². The van der Waals surface area contributed by atoms with Gasteiger partial charge < -0.3 is 23.7 Å². The molecule has 0 saturated heterocycles. The number of carbonyl (C=O) groups is 1. The topological polar surface area (TPSA) is 95.2 Å². The summed E-state index contributed by atoms with van der Waals surface area (Å²) < 4.78 is 24.2. The van der Waals surface area contributed by atoms with Crippen molar-refractivity contribution in [3.8, 4) is 56.8 Å². The Bertz CT molecular complexity index is 2250. The lowest BCUT2D eigenvalue weighted by atomic mass is 9.89. The first kappa shape index (κ1) is 29.1. The zero-order valence-electron chi connectivity index (χ0n) is 24.8. The Hall–Kier alpha value is -6.60. The van der Waals surface area contributed by atoms with Crippen molar-refractivity contribution >= 4 is 16.9 Å². The largest absolute Gasteiger partial charge is 0.504 e. The Morgan fingerprint density at radius 1 is 0.553 bits per heavy atom. The molecule has 1 heterocycles. The van der Waals surface area contributed by atoms with Crippen LogP contribution < -0.4 is 19.8 Å². The fourth-order valence-electron chi connectivity index (χ4n) is 5.33. The molecule has 7 rings (SSSR count). The molecule has 7 nitrogen and oxygen atoms in total. The zero-order valence-corrected chi connectivity index (χ0v) is 24.8. The third-order valence-corrected chi connectivity index (χ3v) is 7.45. The Balaban J connectivity index is 1.52. The molecular weight excluding hydrogens is 592 g/mol. The van der Waals surface area contributed by atoms with Crippen LogP contribution in [0.5, 0.6) is 34.5 Å². The van der Waals surface area contributed by atoms with Crippen LogP contribution in [0.1, 0.15) is 10.4 Å². The molecule has 0 aliphatic rings. The highest BCUT2D eigenvalue weighted by molar-refractivity contribution is 6.09. The van der Waals surface area contributed by atoms with Crippen LogP contribution in [0.25, 0.3) is 33.2 Å². The standard InChI is InChI=1S/C40H26O7/c41-33-24-22-26-21-23-31(25-32(26)47-33)46-40(43)36-34(27-13-5-1-6-14-27)37(42)39(45-30-19-11-4-12-20-30)38(44-29-17-9-3-10-18-29)35(36)28-15-7-2-8-16-28/h1-25,42H. The fourth-order valence-corrected chi connectivity index (χ4v) is 5.33. The zero-order chi connectivity index (χ0) is 32.2. The molecular formula is C40H26O7. The molecule has 7 aromatic rings. The number of phenolic OH excluding ortho intramolecular Hbond substituents is 1. The van der Waals surface area contributed by atoms with Crippen LogP contribution in [0, 0.1) is 0 Å². The molecule has 0 bridgehead atoms. The van der Waals surface area contributed by atoms with Crippen LogP contribution in [0.4, 0.5) is 0 Å². The molecule has 228 valence electrons. The van der Waals surface area contributed by atoms with E-state index < -0.39 is 11.6 Å². The van der Waals surface area contributed by atoms with E-state index in [2.05, 4.69) is 0 Å². The quantitative estimate of drug-likeness (QED) is 0.103. The van der Waals surface area contributed by atoms with Gasteiger partial charge in [-0.3, -0.25) is 0 Å². The maximum Gasteiger partial charge on any atom is 0.345 e. The normalized spacial score (nSPS) is 10.8. The van der Waals surface area contributed by atoms with E-state index in [4.69, 9.17) is 18.6 Å². The molecule has 0 fully saturated rings. The number of rotatable bonds is 8. The Kier molecular flexibility index (Phi) is 7.93. The molecule has 0 amide bonds. The predicted octanol–water partition coefficient (Wildman–Crippen LogP) is 9.64. The molecule has 0 saturated carbocycles. The summed E-state index contributed by atoms with van der Waals surface area (Å²) in [4.78, 5) is 26.4. The summed E-state index contributed by atoms with van der Waals surface area (Å²) in [5, 5.41) is 12.8. The minimum absolute atomic E-state index is 0.0155. The molecule has 7 heteroatoms. The Labute approximate surface area is 269 Å². The van der Waals surface area contributed by atoms with Crippen LogP contribution in [0.3, 0.4) is 0 Å². The third-order valence-electron chi connectivity index (χ3n) is 7.45. The van der Waals surface area contributed by atoms with Gasteiger partial charge in [-0.1, -0.05) is 97.1 Å². The SMILES string of the molecule is O=C(Oc1ccc2ccc(=O)oc2c1)c1c(-c2ccccc2)c(O)c(Oc2ccccc2)c(Oc2ccccc2)c1-c1ccccc1. The summed E-state index contributed by atoms with van der Waals surface area (Å²) in [7, 11) is 0. The van der Waals surface area contributed by atoms with Crippen molar-refractivity contribution in [1.29, 1.82) is 0 Å². The lowest BCUT2D eigenvalue weighted by Crippen LogP contribution is -2.13. The van der Waals surface area contributed by atoms with E-state index in [1.54, 1.807) is 54.6 Å². The second-order valence-corrected chi connectivity index (χ2v) is 10.5. The van der Waals surface area contributed by atoms with Crippen LogP contribution >= 0.6 is 0 Å². The average Bonchev–Trinajstić information content (AvgIpc) is 3.11. The molecule has 6 aromatic carbocycles. The van der Waals surface area contributed by atoms with Crippen LogP contribution in [0.15, 0.2) is 161 Å². The molecule has 0 aliphatic carbocycles. The molecule has 0 atom stereocenters. The van der Waals surface area contributed by atoms with Crippen LogP contribution in [-0.2, 0) is 0 Å². The van der Waals surface area contributed by atoms with Crippen LogP contribution in [0.2, 0.25) is 0 Å². The first-order valence-electron chi connectivity index (χ1n) is 14.8. The highest BCUT2D eigenvalue weighted by Crippen LogP contribution is 2.55. The number of ether oxygens (including phenoxy) is 3. The van der Waals surface area contributed by atoms with Gasteiger partial charge in [0.2, 0.25) is 5.75 Å². The third kappa shape index (κ3) is 6.06. The highest BCUT2D eigenvalue weighted by Gasteiger charge is 2.33. The minimum Gasteiger partial charge on any atom is -0.504 e. The maximum absolute atomic E-state index is 14.5. The maximum atomic E-state index is 14.5. The van der Waals surface area contributed by atoms with Crippen LogP contribution in [-0.4, -0.2) is 11.1 Å². The summed E-state index contributed by atoms with van der Waals surface area (Å²) >= 11 is 0. The molecule has 0 unspecified atom stereocenters. The van der Waals surface area contributed by atoms with E-state index in [1.165, 1.54) is 12.1 Å². The number of para-hydroxylation sites is 2. The smallest absolute Gasteiger partial charge is 0.345 e. The molecule has 1 aromatic heterocycles. The van der Waals surface area contributed by atoms with Gasteiger partial charge in [0.05, 0.1) is 5.56 Å². The van der Waals surface area contributed by atoms with E-state index in [0.29, 0.717) is 33.6 Å². The summed E-state index contributed by atoms with van der Waals surface area (Å²) in [6.45, 7) is 0. The van der Waals surface area contributed by atoms with E-state index in [9.17, 15) is 14.7 Å². The van der Waals surface area contributed by atoms with E-state index in [1.807, 2.05) is 84.9 Å².